The first-order valence-electron chi connectivity index (χ1n) is 4.86. The maximum Gasteiger partial charge on any atom is 0.407 e. The summed E-state index contributed by atoms with van der Waals surface area (Å²) >= 11 is 0. The largest absolute Gasteiger partial charge is 0.419 e. The van der Waals surface area contributed by atoms with Crippen LogP contribution in [0.1, 0.15) is 20.3 Å². The van der Waals surface area contributed by atoms with Crippen molar-refractivity contribution in [1.29, 1.82) is 0 Å². The van der Waals surface area contributed by atoms with Crippen molar-refractivity contribution < 1.29 is 29.3 Å². The highest BCUT2D eigenvalue weighted by Gasteiger charge is 2.35. The van der Waals surface area contributed by atoms with Gasteiger partial charge in [0.05, 0.1) is 19.1 Å². The monoisotopic (exact) mass is 247 g/mol. The van der Waals surface area contributed by atoms with E-state index >= 15 is 0 Å². The van der Waals surface area contributed by atoms with Crippen LogP contribution in [0.5, 0.6) is 0 Å². The molecule has 1 amide bonds. The van der Waals surface area contributed by atoms with Crippen LogP contribution >= 0.6 is 0 Å². The number of amides is 1. The number of carbonyl (C=O) groups excluding carboxylic acids is 2. The summed E-state index contributed by atoms with van der Waals surface area (Å²) in [6.07, 6.45) is -2.67. The molecule has 7 heteroatoms. The Hall–Kier alpha value is -1.60. The summed E-state index contributed by atoms with van der Waals surface area (Å²) in [6.45, 7) is 5.45. The van der Waals surface area contributed by atoms with Crippen molar-refractivity contribution in [1.82, 2.24) is 0 Å². The highest BCUT2D eigenvalue weighted by Crippen LogP contribution is 2.21. The number of carbonyl (C=O) groups is 2. The third-order valence-corrected chi connectivity index (χ3v) is 1.79. The Morgan fingerprint density at radius 2 is 2.00 bits per heavy atom. The van der Waals surface area contributed by atoms with Crippen LogP contribution in [0.25, 0.3) is 0 Å². The molecule has 4 N–H and O–H groups in total. The molecule has 0 aliphatic heterocycles. The standard InChI is InChI=1S/C10H17NO6/c1-6(2)8(14)16-10(3,17-9(11)15)4-7(13)5-12/h7,12-13H,1,4-5H2,2-3H3,(H2,11,15). The normalized spacial score (nSPS) is 15.5. The highest BCUT2D eigenvalue weighted by atomic mass is 16.7. The Balaban J connectivity index is 4.77. The molecule has 0 saturated carbocycles. The van der Waals surface area contributed by atoms with Gasteiger partial charge in [-0.15, -0.1) is 0 Å². The number of primary amides is 1. The van der Waals surface area contributed by atoms with Crippen LogP contribution in [-0.4, -0.2) is 40.8 Å². The molecule has 0 aromatic heterocycles. The minimum atomic E-state index is -1.75. The second-order valence-electron chi connectivity index (χ2n) is 3.77. The van der Waals surface area contributed by atoms with Gasteiger partial charge in [0.1, 0.15) is 0 Å². The molecule has 0 rings (SSSR count). The van der Waals surface area contributed by atoms with Gasteiger partial charge in [-0.05, 0) is 6.92 Å². The van der Waals surface area contributed by atoms with E-state index in [1.807, 2.05) is 0 Å². The predicted molar refractivity (Wildman–Crippen MR) is 57.7 cm³/mol. The molecule has 0 fully saturated rings. The van der Waals surface area contributed by atoms with E-state index in [1.165, 1.54) is 13.8 Å². The van der Waals surface area contributed by atoms with E-state index in [0.717, 1.165) is 0 Å². The summed E-state index contributed by atoms with van der Waals surface area (Å²) in [6, 6.07) is 0. The Labute approximate surface area is 98.8 Å². The molecule has 0 aromatic carbocycles. The summed E-state index contributed by atoms with van der Waals surface area (Å²) in [5.74, 6) is -2.54. The van der Waals surface area contributed by atoms with Crippen molar-refractivity contribution in [2.75, 3.05) is 6.61 Å². The lowest BCUT2D eigenvalue weighted by Gasteiger charge is -2.29. The van der Waals surface area contributed by atoms with Gasteiger partial charge in [-0.25, -0.2) is 9.59 Å². The maximum atomic E-state index is 11.3. The van der Waals surface area contributed by atoms with Gasteiger partial charge < -0.3 is 25.4 Å². The Bertz CT molecular complexity index is 316. The predicted octanol–water partition coefficient (Wildman–Crippen LogP) is -0.340. The average molecular weight is 247 g/mol. The van der Waals surface area contributed by atoms with E-state index in [9.17, 15) is 14.7 Å². The van der Waals surface area contributed by atoms with Crippen LogP contribution in [0.4, 0.5) is 4.79 Å². The topological polar surface area (TPSA) is 119 Å². The lowest BCUT2D eigenvalue weighted by Crippen LogP contribution is -2.42. The highest BCUT2D eigenvalue weighted by molar-refractivity contribution is 5.87. The van der Waals surface area contributed by atoms with Gasteiger partial charge in [-0.2, -0.15) is 0 Å². The molecule has 7 nitrogen and oxygen atoms in total. The lowest BCUT2D eigenvalue weighted by atomic mass is 10.1. The number of rotatable bonds is 6. The molecule has 0 radical (unpaired) electrons. The third-order valence-electron chi connectivity index (χ3n) is 1.79. The maximum absolute atomic E-state index is 11.3. The minimum Gasteiger partial charge on any atom is -0.419 e. The van der Waals surface area contributed by atoms with Gasteiger partial charge in [0.25, 0.3) is 5.79 Å². The molecule has 0 saturated heterocycles. The van der Waals surface area contributed by atoms with E-state index in [-0.39, 0.29) is 12.0 Å². The molecule has 2 atom stereocenters. The van der Waals surface area contributed by atoms with Crippen LogP contribution in [0.15, 0.2) is 12.2 Å². The Morgan fingerprint density at radius 1 is 1.47 bits per heavy atom. The second-order valence-corrected chi connectivity index (χ2v) is 3.77. The molecular formula is C10H17NO6. The van der Waals surface area contributed by atoms with E-state index in [0.29, 0.717) is 0 Å². The summed E-state index contributed by atoms with van der Waals surface area (Å²) in [5, 5.41) is 18.0. The quantitative estimate of drug-likeness (QED) is 0.335. The van der Waals surface area contributed by atoms with Crippen LogP contribution in [0, 0.1) is 0 Å². The zero-order chi connectivity index (χ0) is 13.6. The van der Waals surface area contributed by atoms with E-state index in [4.69, 9.17) is 15.6 Å². The summed E-state index contributed by atoms with van der Waals surface area (Å²) in [5.41, 5.74) is 4.93. The molecule has 0 aliphatic rings. The summed E-state index contributed by atoms with van der Waals surface area (Å²) < 4.78 is 9.46. The SMILES string of the molecule is C=C(C)C(=O)OC(C)(CC(O)CO)OC(N)=O. The van der Waals surface area contributed by atoms with Crippen molar-refractivity contribution >= 4 is 12.1 Å². The molecule has 0 aromatic rings. The van der Waals surface area contributed by atoms with Crippen molar-refractivity contribution in [3.8, 4) is 0 Å². The number of aliphatic hydroxyl groups excluding tert-OH is 2. The molecule has 17 heavy (non-hydrogen) atoms. The van der Waals surface area contributed by atoms with Gasteiger partial charge >= 0.3 is 12.1 Å². The number of esters is 1. The van der Waals surface area contributed by atoms with Gasteiger partial charge in [-0.3, -0.25) is 0 Å². The molecule has 0 aliphatic carbocycles. The van der Waals surface area contributed by atoms with Crippen LogP contribution in [0.2, 0.25) is 0 Å². The van der Waals surface area contributed by atoms with Crippen LogP contribution in [0.3, 0.4) is 0 Å². The van der Waals surface area contributed by atoms with Gasteiger partial charge in [0.2, 0.25) is 0 Å². The molecule has 0 heterocycles. The number of ether oxygens (including phenoxy) is 2. The molecule has 0 spiro atoms. The second kappa shape index (κ2) is 6.21. The van der Waals surface area contributed by atoms with Crippen molar-refractivity contribution in [2.24, 2.45) is 5.73 Å². The Kier molecular flexibility index (Phi) is 5.63. The van der Waals surface area contributed by atoms with Gasteiger partial charge in [0.15, 0.2) is 0 Å². The number of nitrogens with two attached hydrogens (primary N) is 1. The fourth-order valence-corrected chi connectivity index (χ4v) is 1.09. The van der Waals surface area contributed by atoms with E-state index < -0.39 is 30.6 Å². The van der Waals surface area contributed by atoms with Crippen molar-refractivity contribution in [3.63, 3.8) is 0 Å². The smallest absolute Gasteiger partial charge is 0.407 e. The van der Waals surface area contributed by atoms with Crippen LogP contribution in [-0.2, 0) is 14.3 Å². The zero-order valence-corrected chi connectivity index (χ0v) is 9.80. The number of hydrogen-bond acceptors (Lipinski definition) is 6. The first-order valence-corrected chi connectivity index (χ1v) is 4.86. The van der Waals surface area contributed by atoms with Crippen LogP contribution < -0.4 is 5.73 Å². The fourth-order valence-electron chi connectivity index (χ4n) is 1.09. The fraction of sp³-hybridized carbons (Fsp3) is 0.600. The third kappa shape index (κ3) is 5.88. The van der Waals surface area contributed by atoms with E-state index in [2.05, 4.69) is 11.3 Å². The minimum absolute atomic E-state index is 0.0998. The van der Waals surface area contributed by atoms with E-state index in [1.54, 1.807) is 0 Å². The van der Waals surface area contributed by atoms with Crippen molar-refractivity contribution in [3.05, 3.63) is 12.2 Å². The molecule has 0 bridgehead atoms. The summed E-state index contributed by atoms with van der Waals surface area (Å²) in [4.78, 5) is 22.0. The molecule has 2 unspecified atom stereocenters. The first-order chi connectivity index (χ1) is 7.70. The number of hydrogen-bond donors (Lipinski definition) is 3. The zero-order valence-electron chi connectivity index (χ0n) is 9.80. The lowest BCUT2D eigenvalue weighted by molar-refractivity contribution is -0.206. The summed E-state index contributed by atoms with van der Waals surface area (Å²) in [7, 11) is 0. The van der Waals surface area contributed by atoms with Crippen molar-refractivity contribution in [2.45, 2.75) is 32.2 Å². The van der Waals surface area contributed by atoms with Gasteiger partial charge in [0, 0.05) is 12.5 Å². The molecule has 98 valence electrons. The average Bonchev–Trinajstić information content (AvgIpc) is 2.15. The molecular weight excluding hydrogens is 230 g/mol. The first kappa shape index (κ1) is 15.4. The number of aliphatic hydroxyl groups is 2. The Morgan fingerprint density at radius 3 is 2.35 bits per heavy atom. The van der Waals surface area contributed by atoms with Gasteiger partial charge in [-0.1, -0.05) is 6.58 Å².